The molecule has 0 aliphatic heterocycles. The van der Waals surface area contributed by atoms with Crippen molar-refractivity contribution >= 4 is 15.7 Å². The third kappa shape index (κ3) is 6.36. The fourth-order valence-corrected chi connectivity index (χ4v) is 1.76. The van der Waals surface area contributed by atoms with Gasteiger partial charge in [0.1, 0.15) is 0 Å². The quantitative estimate of drug-likeness (QED) is 0.458. The summed E-state index contributed by atoms with van der Waals surface area (Å²) in [6.07, 6.45) is 0.998. The Kier molecular flexibility index (Phi) is 4.48. The Morgan fingerprint density at radius 2 is 1.92 bits per heavy atom. The zero-order valence-corrected chi connectivity index (χ0v) is 10.2. The second-order valence-corrected chi connectivity index (χ2v) is 5.48. The molecule has 0 aromatic rings. The fourth-order valence-electron chi connectivity index (χ4n) is 0.587. The van der Waals surface area contributed by atoms with E-state index < -0.39 is 9.76 Å². The highest BCUT2D eigenvalue weighted by Gasteiger charge is 2.12. The van der Waals surface area contributed by atoms with Crippen LogP contribution in [0.1, 0.15) is 13.8 Å². The summed E-state index contributed by atoms with van der Waals surface area (Å²) in [6, 6.07) is 0. The van der Waals surface area contributed by atoms with Crippen molar-refractivity contribution in [3.05, 3.63) is 0 Å². The molecule has 0 unspecified atom stereocenters. The molecule has 72 valence electrons. The van der Waals surface area contributed by atoms with E-state index in [1.54, 1.807) is 0 Å². The highest BCUT2D eigenvalue weighted by molar-refractivity contribution is 6.30. The van der Waals surface area contributed by atoms with E-state index >= 15 is 0 Å². The molecule has 0 heterocycles. The van der Waals surface area contributed by atoms with Gasteiger partial charge in [-0.05, 0) is 0 Å². The molecule has 0 aromatic carbocycles. The lowest BCUT2D eigenvalue weighted by Crippen LogP contribution is -2.39. The van der Waals surface area contributed by atoms with Crippen LogP contribution in [0.4, 0.5) is 0 Å². The monoisotopic (exact) mass is 190 g/mol. The van der Waals surface area contributed by atoms with Crippen molar-refractivity contribution in [2.45, 2.75) is 13.8 Å². The van der Waals surface area contributed by atoms with Crippen molar-refractivity contribution in [2.24, 2.45) is 5.92 Å². The van der Waals surface area contributed by atoms with Crippen molar-refractivity contribution in [3.63, 3.8) is 0 Å². The first-order chi connectivity index (χ1) is 5.33. The first kappa shape index (κ1) is 11.6. The lowest BCUT2D eigenvalue weighted by Gasteiger charge is -2.23. The average molecular weight is 190 g/mol. The molecule has 0 amide bonds. The van der Waals surface area contributed by atoms with Crippen molar-refractivity contribution in [1.29, 1.82) is 0 Å². The largest absolute Gasteiger partial charge is 0.518 e. The van der Waals surface area contributed by atoms with Crippen LogP contribution >= 0.6 is 0 Å². The molecule has 0 bridgehead atoms. The molecular weight excluding hydrogens is 170 g/mol. The summed E-state index contributed by atoms with van der Waals surface area (Å²) in [5.41, 5.74) is 0. The Labute approximate surface area is 77.2 Å². The summed E-state index contributed by atoms with van der Waals surface area (Å²) in [5.74, 6) is -0.0277. The Hall–Kier alpha value is -0.353. The summed E-state index contributed by atoms with van der Waals surface area (Å²) >= 11 is 0. The maximum atomic E-state index is 11.0. The summed E-state index contributed by atoms with van der Waals surface area (Å²) in [6.45, 7) is 3.73. The first-order valence-corrected chi connectivity index (χ1v) is 5.88. The van der Waals surface area contributed by atoms with Gasteiger partial charge in [-0.25, -0.2) is 0 Å². The lowest BCUT2D eigenvalue weighted by atomic mass is 10.2. The van der Waals surface area contributed by atoms with Crippen LogP contribution in [0.25, 0.3) is 0 Å². The van der Waals surface area contributed by atoms with E-state index in [1.807, 2.05) is 13.8 Å². The predicted octanol–water partition coefficient (Wildman–Crippen LogP) is -0.0669. The van der Waals surface area contributed by atoms with Gasteiger partial charge < -0.3 is 8.91 Å². The predicted molar refractivity (Wildman–Crippen MR) is 52.4 cm³/mol. The minimum Gasteiger partial charge on any atom is -0.518 e. The van der Waals surface area contributed by atoms with Crippen molar-refractivity contribution in [1.82, 2.24) is 0 Å². The molecule has 0 aliphatic rings. The van der Waals surface area contributed by atoms with E-state index in [-0.39, 0.29) is 11.9 Å². The molecule has 0 atom stereocenters. The van der Waals surface area contributed by atoms with Gasteiger partial charge in [0.25, 0.3) is 15.7 Å². The minimum atomic E-state index is -0.660. The molecule has 0 aliphatic carbocycles. The lowest BCUT2D eigenvalue weighted by molar-refractivity contribution is -0.859. The maximum absolute atomic E-state index is 11.0. The Bertz CT molecular complexity index is 152. The fraction of sp³-hybridized carbons (Fsp3) is 0.875. The van der Waals surface area contributed by atoms with Gasteiger partial charge in [0.2, 0.25) is 0 Å². The van der Waals surface area contributed by atoms with Crippen LogP contribution in [0.5, 0.6) is 0 Å². The summed E-state index contributed by atoms with van der Waals surface area (Å²) in [5, 5.41) is 0. The molecule has 0 saturated carbocycles. The van der Waals surface area contributed by atoms with Gasteiger partial charge in [-0.3, -0.25) is 4.79 Å². The molecule has 0 fully saturated rings. The summed E-state index contributed by atoms with van der Waals surface area (Å²) in [7, 11) is 5.66. The van der Waals surface area contributed by atoms with E-state index in [2.05, 4.69) is 21.1 Å². The van der Waals surface area contributed by atoms with Crippen LogP contribution in [0, 0.1) is 5.92 Å². The van der Waals surface area contributed by atoms with Crippen molar-refractivity contribution < 1.29 is 13.7 Å². The van der Waals surface area contributed by atoms with Crippen LogP contribution in [0.2, 0.25) is 0 Å². The highest BCUT2D eigenvalue weighted by Crippen LogP contribution is 1.95. The molecule has 4 heteroatoms. The molecule has 0 N–H and O–H groups in total. The standard InChI is InChI=1S/C8H20NO2Si/c1-7(2)8(10)11-12-6-9(3,4)5/h7H,6,12H2,1-5H3/q+1. The third-order valence-corrected chi connectivity index (χ3v) is 3.49. The molecule has 0 radical (unpaired) electrons. The van der Waals surface area contributed by atoms with Gasteiger partial charge in [0, 0.05) is 5.92 Å². The number of quaternary nitrogens is 1. The van der Waals surface area contributed by atoms with Crippen LogP contribution in [-0.4, -0.2) is 47.5 Å². The zero-order valence-electron chi connectivity index (χ0n) is 8.76. The van der Waals surface area contributed by atoms with Crippen LogP contribution in [0.15, 0.2) is 0 Å². The van der Waals surface area contributed by atoms with E-state index in [4.69, 9.17) is 4.43 Å². The number of rotatable bonds is 4. The SMILES string of the molecule is CC(C)C(=O)O[SiH2]C[N+](C)(C)C. The topological polar surface area (TPSA) is 26.3 Å². The second kappa shape index (κ2) is 4.62. The van der Waals surface area contributed by atoms with Crippen LogP contribution in [-0.2, 0) is 9.22 Å². The molecule has 0 aromatic heterocycles. The maximum Gasteiger partial charge on any atom is 0.294 e. The highest BCUT2D eigenvalue weighted by atomic mass is 28.2. The summed E-state index contributed by atoms with van der Waals surface area (Å²) in [4.78, 5) is 11.0. The van der Waals surface area contributed by atoms with Gasteiger partial charge in [0.15, 0.2) is 0 Å². The Morgan fingerprint density at radius 3 is 2.25 bits per heavy atom. The first-order valence-electron chi connectivity index (χ1n) is 4.30. The van der Waals surface area contributed by atoms with Crippen molar-refractivity contribution in [2.75, 3.05) is 27.3 Å². The Balaban J connectivity index is 3.51. The Morgan fingerprint density at radius 1 is 1.42 bits per heavy atom. The number of hydrogen-bond acceptors (Lipinski definition) is 2. The minimum absolute atomic E-state index is 0.0185. The number of carbonyl (C=O) groups excluding carboxylic acids is 1. The van der Waals surface area contributed by atoms with E-state index in [0.29, 0.717) is 0 Å². The van der Waals surface area contributed by atoms with E-state index in [0.717, 1.165) is 10.7 Å². The second-order valence-electron chi connectivity index (χ2n) is 4.34. The molecular formula is C8H20NO2Si+. The molecule has 3 nitrogen and oxygen atoms in total. The van der Waals surface area contributed by atoms with Crippen LogP contribution < -0.4 is 0 Å². The molecule has 0 saturated heterocycles. The van der Waals surface area contributed by atoms with E-state index in [9.17, 15) is 4.79 Å². The van der Waals surface area contributed by atoms with Crippen LogP contribution in [0.3, 0.4) is 0 Å². The number of nitrogens with zero attached hydrogens (tertiary/aromatic N) is 1. The smallest absolute Gasteiger partial charge is 0.294 e. The average Bonchev–Trinajstić information content (AvgIpc) is 1.84. The van der Waals surface area contributed by atoms with Crippen molar-refractivity contribution in [3.8, 4) is 0 Å². The molecule has 12 heavy (non-hydrogen) atoms. The van der Waals surface area contributed by atoms with Gasteiger partial charge >= 0.3 is 0 Å². The van der Waals surface area contributed by atoms with E-state index in [1.165, 1.54) is 0 Å². The number of hydrogen-bond donors (Lipinski definition) is 0. The molecule has 0 rings (SSSR count). The zero-order chi connectivity index (χ0) is 9.78. The van der Waals surface area contributed by atoms with Gasteiger partial charge in [-0.2, -0.15) is 0 Å². The summed E-state index contributed by atoms with van der Waals surface area (Å²) < 4.78 is 6.05. The van der Waals surface area contributed by atoms with Gasteiger partial charge in [-0.15, -0.1) is 0 Å². The van der Waals surface area contributed by atoms with Gasteiger partial charge in [0.05, 0.1) is 27.3 Å². The normalized spacial score (nSPS) is 12.8. The third-order valence-electron chi connectivity index (χ3n) is 1.48. The number of carbonyl (C=O) groups is 1. The molecule has 0 spiro atoms. The van der Waals surface area contributed by atoms with Gasteiger partial charge in [-0.1, -0.05) is 13.8 Å².